The Bertz CT molecular complexity index is 423. The van der Waals surface area contributed by atoms with E-state index >= 15 is 0 Å². The fraction of sp³-hybridized carbons (Fsp3) is 0.765. The van der Waals surface area contributed by atoms with E-state index in [1.807, 2.05) is 0 Å². The smallest absolute Gasteiger partial charge is 0.131 e. The molecule has 1 heterocycles. The molecule has 3 heteroatoms. The maximum atomic E-state index is 4.73. The van der Waals surface area contributed by atoms with Gasteiger partial charge in [-0.25, -0.2) is 9.97 Å². The van der Waals surface area contributed by atoms with Gasteiger partial charge in [0.1, 0.15) is 5.82 Å². The summed E-state index contributed by atoms with van der Waals surface area (Å²) in [5.41, 5.74) is 3.72. The number of nitrogens with one attached hydrogen (secondary N) is 1. The van der Waals surface area contributed by atoms with E-state index in [1.54, 1.807) is 0 Å². The molecule has 3 nitrogen and oxygen atoms in total. The first kappa shape index (κ1) is 17.1. The predicted molar refractivity (Wildman–Crippen MR) is 86.4 cm³/mol. The Morgan fingerprint density at radius 1 is 1.00 bits per heavy atom. The van der Waals surface area contributed by atoms with Crippen molar-refractivity contribution >= 4 is 0 Å². The van der Waals surface area contributed by atoms with E-state index in [2.05, 4.69) is 60.7 Å². The molecule has 2 unspecified atom stereocenters. The van der Waals surface area contributed by atoms with Crippen LogP contribution in [0.15, 0.2) is 0 Å². The first-order valence-electron chi connectivity index (χ1n) is 7.75. The van der Waals surface area contributed by atoms with Crippen molar-refractivity contribution in [3.63, 3.8) is 0 Å². The topological polar surface area (TPSA) is 37.8 Å². The van der Waals surface area contributed by atoms with Crippen molar-refractivity contribution in [1.82, 2.24) is 15.3 Å². The van der Waals surface area contributed by atoms with Crippen LogP contribution in [-0.4, -0.2) is 22.1 Å². The second-order valence-electron chi connectivity index (χ2n) is 7.01. The van der Waals surface area contributed by atoms with Gasteiger partial charge in [-0.3, -0.25) is 0 Å². The molecule has 0 fully saturated rings. The Labute approximate surface area is 124 Å². The van der Waals surface area contributed by atoms with Crippen molar-refractivity contribution in [2.45, 2.75) is 79.2 Å². The first-order chi connectivity index (χ1) is 9.15. The van der Waals surface area contributed by atoms with E-state index in [0.29, 0.717) is 11.8 Å². The van der Waals surface area contributed by atoms with Crippen LogP contribution in [-0.2, 0) is 0 Å². The van der Waals surface area contributed by atoms with Crippen LogP contribution in [0.4, 0.5) is 0 Å². The minimum atomic E-state index is 0.146. The van der Waals surface area contributed by atoms with Crippen LogP contribution in [0.2, 0.25) is 0 Å². The molecule has 0 bridgehead atoms. The molecule has 0 spiro atoms. The van der Waals surface area contributed by atoms with E-state index in [4.69, 9.17) is 9.97 Å². The molecule has 20 heavy (non-hydrogen) atoms. The van der Waals surface area contributed by atoms with E-state index < -0.39 is 0 Å². The summed E-state index contributed by atoms with van der Waals surface area (Å²) in [7, 11) is 0. The second-order valence-corrected chi connectivity index (χ2v) is 7.01. The van der Waals surface area contributed by atoms with Gasteiger partial charge in [-0.05, 0) is 52.5 Å². The molecule has 0 aliphatic heterocycles. The highest BCUT2D eigenvalue weighted by atomic mass is 15.0. The lowest BCUT2D eigenvalue weighted by molar-refractivity contribution is 0.411. The molecule has 0 aliphatic carbocycles. The van der Waals surface area contributed by atoms with Gasteiger partial charge in [-0.15, -0.1) is 0 Å². The summed E-state index contributed by atoms with van der Waals surface area (Å²) in [5, 5.41) is 3.57. The van der Waals surface area contributed by atoms with Crippen LogP contribution in [0.1, 0.15) is 82.6 Å². The molecule has 0 aromatic carbocycles. The van der Waals surface area contributed by atoms with Gasteiger partial charge in [0.05, 0.1) is 0 Å². The lowest BCUT2D eigenvalue weighted by atomic mass is 9.96. The molecule has 1 N–H and O–H groups in total. The van der Waals surface area contributed by atoms with Crippen LogP contribution in [0.5, 0.6) is 0 Å². The Balaban J connectivity index is 2.96. The Morgan fingerprint density at radius 3 is 1.90 bits per heavy atom. The maximum Gasteiger partial charge on any atom is 0.131 e. The molecule has 0 amide bonds. The SMILES string of the molecule is CCC(C)c1nc(C)c(C(C)CNC(C)(C)C)c(C)n1. The molecule has 0 saturated heterocycles. The minimum absolute atomic E-state index is 0.146. The molecular weight excluding hydrogens is 246 g/mol. The highest BCUT2D eigenvalue weighted by molar-refractivity contribution is 5.29. The minimum Gasteiger partial charge on any atom is -0.311 e. The third kappa shape index (κ3) is 4.55. The molecule has 0 saturated carbocycles. The second kappa shape index (κ2) is 6.66. The number of hydrogen-bond donors (Lipinski definition) is 1. The highest BCUT2D eigenvalue weighted by Gasteiger charge is 2.18. The molecule has 2 atom stereocenters. The van der Waals surface area contributed by atoms with E-state index in [9.17, 15) is 0 Å². The van der Waals surface area contributed by atoms with E-state index in [-0.39, 0.29) is 5.54 Å². The summed E-state index contributed by atoms with van der Waals surface area (Å²) in [6, 6.07) is 0. The first-order valence-corrected chi connectivity index (χ1v) is 7.75. The number of nitrogens with zero attached hydrogens (tertiary/aromatic N) is 2. The summed E-state index contributed by atoms with van der Waals surface area (Å²) >= 11 is 0. The lowest BCUT2D eigenvalue weighted by Crippen LogP contribution is -2.38. The van der Waals surface area contributed by atoms with Gasteiger partial charge in [-0.2, -0.15) is 0 Å². The molecule has 1 aromatic rings. The molecule has 114 valence electrons. The summed E-state index contributed by atoms with van der Waals surface area (Å²) in [6.45, 7) is 18.4. The van der Waals surface area contributed by atoms with Crippen molar-refractivity contribution < 1.29 is 0 Å². The predicted octanol–water partition coefficient (Wildman–Crippen LogP) is 4.10. The maximum absolute atomic E-state index is 4.73. The summed E-state index contributed by atoms with van der Waals surface area (Å²) in [6.07, 6.45) is 1.08. The lowest BCUT2D eigenvalue weighted by Gasteiger charge is -2.25. The van der Waals surface area contributed by atoms with E-state index in [1.165, 1.54) is 5.56 Å². The Morgan fingerprint density at radius 2 is 1.50 bits per heavy atom. The number of aromatic nitrogens is 2. The van der Waals surface area contributed by atoms with Gasteiger partial charge in [0.15, 0.2) is 0 Å². The normalized spacial score (nSPS) is 15.2. The highest BCUT2D eigenvalue weighted by Crippen LogP contribution is 2.24. The van der Waals surface area contributed by atoms with Crippen LogP contribution in [0.3, 0.4) is 0 Å². The summed E-state index contributed by atoms with van der Waals surface area (Å²) in [4.78, 5) is 9.46. The van der Waals surface area contributed by atoms with Crippen molar-refractivity contribution in [2.75, 3.05) is 6.54 Å². The monoisotopic (exact) mass is 277 g/mol. The average molecular weight is 277 g/mol. The number of aryl methyl sites for hydroxylation is 2. The van der Waals surface area contributed by atoms with Gasteiger partial charge in [-0.1, -0.05) is 20.8 Å². The van der Waals surface area contributed by atoms with E-state index in [0.717, 1.165) is 30.2 Å². The van der Waals surface area contributed by atoms with Crippen LogP contribution in [0.25, 0.3) is 0 Å². The summed E-state index contributed by atoms with van der Waals surface area (Å²) in [5.74, 6) is 1.85. The zero-order valence-electron chi connectivity index (χ0n) is 14.5. The van der Waals surface area contributed by atoms with Gasteiger partial charge >= 0.3 is 0 Å². The van der Waals surface area contributed by atoms with Crippen molar-refractivity contribution in [2.24, 2.45) is 0 Å². The molecule has 1 rings (SSSR count). The molecule has 1 aromatic heterocycles. The van der Waals surface area contributed by atoms with Crippen LogP contribution < -0.4 is 5.32 Å². The van der Waals surface area contributed by atoms with Gasteiger partial charge in [0.25, 0.3) is 0 Å². The molecule has 0 aliphatic rings. The zero-order chi connectivity index (χ0) is 15.5. The fourth-order valence-electron chi connectivity index (χ4n) is 2.43. The van der Waals surface area contributed by atoms with Gasteiger partial charge in [0, 0.05) is 29.4 Å². The average Bonchev–Trinajstić information content (AvgIpc) is 2.33. The molecule has 0 radical (unpaired) electrons. The van der Waals surface area contributed by atoms with Crippen molar-refractivity contribution in [3.8, 4) is 0 Å². The third-order valence-electron chi connectivity index (χ3n) is 3.83. The Kier molecular flexibility index (Phi) is 5.69. The fourth-order valence-corrected chi connectivity index (χ4v) is 2.43. The van der Waals surface area contributed by atoms with Crippen LogP contribution in [0, 0.1) is 13.8 Å². The summed E-state index contributed by atoms with van der Waals surface area (Å²) < 4.78 is 0. The quantitative estimate of drug-likeness (QED) is 0.880. The van der Waals surface area contributed by atoms with Crippen molar-refractivity contribution in [1.29, 1.82) is 0 Å². The number of hydrogen-bond acceptors (Lipinski definition) is 3. The van der Waals surface area contributed by atoms with Crippen molar-refractivity contribution in [3.05, 3.63) is 22.8 Å². The van der Waals surface area contributed by atoms with Gasteiger partial charge in [0.2, 0.25) is 0 Å². The van der Waals surface area contributed by atoms with Gasteiger partial charge < -0.3 is 5.32 Å². The third-order valence-corrected chi connectivity index (χ3v) is 3.83. The van der Waals surface area contributed by atoms with Crippen LogP contribution >= 0.6 is 0 Å². The number of rotatable bonds is 5. The zero-order valence-corrected chi connectivity index (χ0v) is 14.5. The standard InChI is InChI=1S/C17H31N3/c1-9-11(2)16-19-13(4)15(14(5)20-16)12(3)10-18-17(6,7)8/h11-12,18H,9-10H2,1-8H3. The Hall–Kier alpha value is -0.960. The largest absolute Gasteiger partial charge is 0.311 e. The molecular formula is C17H31N3.